The molecule has 1 aromatic heterocycles. The highest BCUT2D eigenvalue weighted by Gasteiger charge is 2.29. The van der Waals surface area contributed by atoms with Gasteiger partial charge in [-0.3, -0.25) is 9.69 Å². The van der Waals surface area contributed by atoms with E-state index in [1.54, 1.807) is 11.3 Å². The molecule has 0 radical (unpaired) electrons. The maximum absolute atomic E-state index is 12.8. The van der Waals surface area contributed by atoms with E-state index in [4.69, 9.17) is 9.72 Å². The normalized spacial score (nSPS) is 27.8. The average Bonchev–Trinajstić information content (AvgIpc) is 3.05. The predicted molar refractivity (Wildman–Crippen MR) is 105 cm³/mol. The van der Waals surface area contributed by atoms with Crippen molar-refractivity contribution in [2.45, 2.75) is 44.8 Å². The van der Waals surface area contributed by atoms with E-state index >= 15 is 0 Å². The van der Waals surface area contributed by atoms with Crippen LogP contribution in [0.1, 0.15) is 37.6 Å². The van der Waals surface area contributed by atoms with E-state index < -0.39 is 0 Å². The zero-order valence-electron chi connectivity index (χ0n) is 15.6. The summed E-state index contributed by atoms with van der Waals surface area (Å²) in [6, 6.07) is 8.34. The number of morpholine rings is 1. The molecule has 2 aliphatic heterocycles. The third kappa shape index (κ3) is 3.92. The molecule has 4 rings (SSSR count). The largest absolute Gasteiger partial charge is 0.372 e. The molecule has 0 aliphatic carbocycles. The van der Waals surface area contributed by atoms with Crippen LogP contribution in [-0.2, 0) is 9.53 Å². The molecule has 3 atom stereocenters. The van der Waals surface area contributed by atoms with Gasteiger partial charge >= 0.3 is 0 Å². The minimum Gasteiger partial charge on any atom is -0.372 e. The van der Waals surface area contributed by atoms with Gasteiger partial charge in [0.15, 0.2) is 0 Å². The summed E-state index contributed by atoms with van der Waals surface area (Å²) in [5.41, 5.74) is 1.09. The van der Waals surface area contributed by atoms with Gasteiger partial charge in [-0.15, -0.1) is 11.3 Å². The molecule has 2 saturated heterocycles. The smallest absolute Gasteiger partial charge is 0.236 e. The lowest BCUT2D eigenvalue weighted by atomic mass is 9.98. The maximum Gasteiger partial charge on any atom is 0.236 e. The number of fused-ring (bicyclic) bond motifs is 1. The Morgan fingerprint density at radius 3 is 2.77 bits per heavy atom. The van der Waals surface area contributed by atoms with Gasteiger partial charge in [0.25, 0.3) is 0 Å². The van der Waals surface area contributed by atoms with Gasteiger partial charge in [0.05, 0.1) is 34.0 Å². The Kier molecular flexibility index (Phi) is 5.25. The molecule has 1 amide bonds. The Bertz CT molecular complexity index is 734. The molecule has 0 bridgehead atoms. The van der Waals surface area contributed by atoms with Crippen LogP contribution in [-0.4, -0.2) is 65.6 Å². The topological polar surface area (TPSA) is 45.7 Å². The first-order valence-electron chi connectivity index (χ1n) is 9.59. The number of hydrogen-bond donors (Lipinski definition) is 0. The molecule has 0 spiro atoms. The number of amides is 1. The standard InChI is InChI=1S/C20H27N3O2S/c1-14-10-23(11-15(2)25-14)19(24)13-22-9-5-6-16(12-22)20-21-17-7-3-4-8-18(17)26-20/h3-4,7-8,14-16H,5-6,9-13H2,1-2H3/t14-,15-,16+/m1/s1. The van der Waals surface area contributed by atoms with Gasteiger partial charge in [-0.25, -0.2) is 4.98 Å². The minimum absolute atomic E-state index is 0.125. The quantitative estimate of drug-likeness (QED) is 0.829. The number of hydrogen-bond acceptors (Lipinski definition) is 5. The van der Waals surface area contributed by atoms with Gasteiger partial charge in [0, 0.05) is 25.6 Å². The molecule has 3 heterocycles. The number of para-hydroxylation sites is 1. The molecular formula is C20H27N3O2S. The molecule has 6 heteroatoms. The predicted octanol–water partition coefficient (Wildman–Crippen LogP) is 3.11. The Morgan fingerprint density at radius 2 is 2.00 bits per heavy atom. The summed E-state index contributed by atoms with van der Waals surface area (Å²) in [5.74, 6) is 0.674. The van der Waals surface area contributed by atoms with Crippen molar-refractivity contribution in [1.29, 1.82) is 0 Å². The van der Waals surface area contributed by atoms with Crippen LogP contribution < -0.4 is 0 Å². The molecule has 26 heavy (non-hydrogen) atoms. The lowest BCUT2D eigenvalue weighted by molar-refractivity contribution is -0.144. The second-order valence-electron chi connectivity index (χ2n) is 7.65. The summed E-state index contributed by atoms with van der Waals surface area (Å²) in [5, 5.41) is 1.22. The van der Waals surface area contributed by atoms with Gasteiger partial charge in [-0.1, -0.05) is 12.1 Å². The van der Waals surface area contributed by atoms with E-state index in [1.807, 2.05) is 24.8 Å². The van der Waals surface area contributed by atoms with Gasteiger partial charge in [-0.05, 0) is 45.4 Å². The SMILES string of the molecule is C[C@@H]1CN(C(=O)CN2CCC[C@H](c3nc4ccccc4s3)C2)C[C@@H](C)O1. The molecule has 1 aromatic carbocycles. The van der Waals surface area contributed by atoms with E-state index in [0.29, 0.717) is 25.6 Å². The number of carbonyl (C=O) groups is 1. The molecule has 2 aliphatic rings. The molecule has 0 saturated carbocycles. The Hall–Kier alpha value is -1.50. The van der Waals surface area contributed by atoms with Crippen molar-refractivity contribution >= 4 is 27.5 Å². The first kappa shape index (κ1) is 17.9. The summed E-state index contributed by atoms with van der Waals surface area (Å²) in [4.78, 5) is 21.9. The molecule has 2 fully saturated rings. The second-order valence-corrected chi connectivity index (χ2v) is 8.71. The monoisotopic (exact) mass is 373 g/mol. The summed E-state index contributed by atoms with van der Waals surface area (Å²) >= 11 is 1.80. The van der Waals surface area contributed by atoms with Crippen molar-refractivity contribution in [3.8, 4) is 0 Å². The maximum atomic E-state index is 12.8. The van der Waals surface area contributed by atoms with Crippen LogP contribution in [0.2, 0.25) is 0 Å². The molecule has 0 N–H and O–H groups in total. The number of piperidine rings is 1. The van der Waals surface area contributed by atoms with Crippen LogP contribution in [0.3, 0.4) is 0 Å². The van der Waals surface area contributed by atoms with E-state index in [0.717, 1.165) is 31.4 Å². The van der Waals surface area contributed by atoms with Gasteiger partial charge in [0.2, 0.25) is 5.91 Å². The van der Waals surface area contributed by atoms with Crippen LogP contribution in [0.25, 0.3) is 10.2 Å². The van der Waals surface area contributed by atoms with Gasteiger partial charge < -0.3 is 9.64 Å². The fourth-order valence-corrected chi connectivity index (χ4v) is 5.23. The van der Waals surface area contributed by atoms with Gasteiger partial charge in [0.1, 0.15) is 0 Å². The average molecular weight is 374 g/mol. The lowest BCUT2D eigenvalue weighted by Crippen LogP contribution is -2.51. The number of ether oxygens (including phenoxy) is 1. The van der Waals surface area contributed by atoms with E-state index in [1.165, 1.54) is 9.71 Å². The Balaban J connectivity index is 1.39. The first-order valence-corrected chi connectivity index (χ1v) is 10.4. The molecule has 140 valence electrons. The molecule has 5 nitrogen and oxygen atoms in total. The van der Waals surface area contributed by atoms with Crippen molar-refractivity contribution < 1.29 is 9.53 Å². The summed E-state index contributed by atoms with van der Waals surface area (Å²) in [7, 11) is 0. The number of aromatic nitrogens is 1. The van der Waals surface area contributed by atoms with Crippen molar-refractivity contribution in [2.24, 2.45) is 0 Å². The number of likely N-dealkylation sites (tertiary alicyclic amines) is 1. The number of carbonyl (C=O) groups excluding carboxylic acids is 1. The Morgan fingerprint density at radius 1 is 1.23 bits per heavy atom. The number of rotatable bonds is 3. The third-order valence-corrected chi connectivity index (χ3v) is 6.50. The van der Waals surface area contributed by atoms with E-state index in [9.17, 15) is 4.79 Å². The van der Waals surface area contributed by atoms with Crippen molar-refractivity contribution in [3.63, 3.8) is 0 Å². The summed E-state index contributed by atoms with van der Waals surface area (Å²) in [6.07, 6.45) is 2.54. The zero-order chi connectivity index (χ0) is 18.1. The zero-order valence-corrected chi connectivity index (χ0v) is 16.4. The van der Waals surface area contributed by atoms with Crippen LogP contribution in [0.4, 0.5) is 0 Å². The highest BCUT2D eigenvalue weighted by molar-refractivity contribution is 7.18. The lowest BCUT2D eigenvalue weighted by Gasteiger charge is -2.37. The fourth-order valence-electron chi connectivity index (χ4n) is 4.14. The molecular weight excluding hydrogens is 346 g/mol. The molecule has 0 unspecified atom stereocenters. The summed E-state index contributed by atoms with van der Waals surface area (Å²) in [6.45, 7) is 7.95. The van der Waals surface area contributed by atoms with Gasteiger partial charge in [-0.2, -0.15) is 0 Å². The van der Waals surface area contributed by atoms with Crippen LogP contribution in [0.15, 0.2) is 24.3 Å². The number of thiazole rings is 1. The van der Waals surface area contributed by atoms with E-state index in [-0.39, 0.29) is 18.1 Å². The number of nitrogens with zero attached hydrogens (tertiary/aromatic N) is 3. The second kappa shape index (κ2) is 7.62. The molecule has 2 aromatic rings. The van der Waals surface area contributed by atoms with Crippen molar-refractivity contribution in [2.75, 3.05) is 32.7 Å². The van der Waals surface area contributed by atoms with Crippen molar-refractivity contribution in [1.82, 2.24) is 14.8 Å². The fraction of sp³-hybridized carbons (Fsp3) is 0.600. The number of benzene rings is 1. The van der Waals surface area contributed by atoms with Crippen LogP contribution in [0, 0.1) is 0 Å². The Labute approximate surface area is 159 Å². The van der Waals surface area contributed by atoms with Crippen LogP contribution in [0.5, 0.6) is 0 Å². The minimum atomic E-state index is 0.125. The van der Waals surface area contributed by atoms with E-state index in [2.05, 4.69) is 23.1 Å². The van der Waals surface area contributed by atoms with Crippen LogP contribution >= 0.6 is 11.3 Å². The van der Waals surface area contributed by atoms with Crippen molar-refractivity contribution in [3.05, 3.63) is 29.3 Å². The first-order chi connectivity index (χ1) is 12.6. The highest BCUT2D eigenvalue weighted by atomic mass is 32.1. The highest BCUT2D eigenvalue weighted by Crippen LogP contribution is 2.32. The summed E-state index contributed by atoms with van der Waals surface area (Å²) < 4.78 is 7.00. The third-order valence-electron chi connectivity index (χ3n) is 5.30.